The van der Waals surface area contributed by atoms with Crippen molar-refractivity contribution in [3.05, 3.63) is 32.9 Å². The molecule has 0 radical (unpaired) electrons. The second kappa shape index (κ2) is 5.19. The molecule has 6 nitrogen and oxygen atoms in total. The predicted octanol–water partition coefficient (Wildman–Crippen LogP) is 1.17. The van der Waals surface area contributed by atoms with Crippen molar-refractivity contribution in [3.63, 3.8) is 0 Å². The average molecular weight is 271 g/mol. The third-order valence-corrected chi connectivity index (χ3v) is 3.79. The standard InChI is InChI=1S/C9H9N3O3S2/c1-15-7(13)6(5-2-3-16-4-5)17-9-10-8(14)11-12-9/h2-4,6H,1H3,(H2,10,11,12,14)/t6-/m1/s1. The summed E-state index contributed by atoms with van der Waals surface area (Å²) in [5.74, 6) is -0.378. The molecule has 90 valence electrons. The van der Waals surface area contributed by atoms with Crippen LogP contribution in [0.3, 0.4) is 0 Å². The number of ether oxygens (including phenoxy) is 1. The van der Waals surface area contributed by atoms with E-state index in [1.54, 1.807) is 0 Å². The highest BCUT2D eigenvalue weighted by atomic mass is 32.2. The highest BCUT2D eigenvalue weighted by Gasteiger charge is 2.24. The molecule has 8 heteroatoms. The molecule has 0 aromatic carbocycles. The maximum atomic E-state index is 11.7. The third-order valence-electron chi connectivity index (χ3n) is 1.97. The highest BCUT2D eigenvalue weighted by molar-refractivity contribution is 8.00. The van der Waals surface area contributed by atoms with Gasteiger partial charge in [0.05, 0.1) is 7.11 Å². The number of thiophene rings is 1. The molecular formula is C9H9N3O3S2. The number of esters is 1. The summed E-state index contributed by atoms with van der Waals surface area (Å²) in [5, 5.41) is 9.56. The second-order valence-electron chi connectivity index (χ2n) is 3.06. The molecule has 2 heterocycles. The van der Waals surface area contributed by atoms with Crippen LogP contribution in [0.4, 0.5) is 0 Å². The van der Waals surface area contributed by atoms with Gasteiger partial charge >= 0.3 is 11.7 Å². The number of carbonyl (C=O) groups is 1. The van der Waals surface area contributed by atoms with Crippen molar-refractivity contribution >= 4 is 29.1 Å². The Labute approximate surface area is 104 Å². The number of hydrogen-bond acceptors (Lipinski definition) is 6. The molecule has 0 saturated carbocycles. The fraction of sp³-hybridized carbons (Fsp3) is 0.222. The SMILES string of the molecule is COC(=O)[C@H](Sc1n[nH]c(=O)[nH]1)c1ccsc1. The van der Waals surface area contributed by atoms with Crippen LogP contribution in [-0.2, 0) is 9.53 Å². The lowest BCUT2D eigenvalue weighted by molar-refractivity contribution is -0.140. The number of nitrogens with one attached hydrogen (secondary N) is 2. The number of rotatable bonds is 4. The van der Waals surface area contributed by atoms with Crippen LogP contribution in [0, 0.1) is 0 Å². The van der Waals surface area contributed by atoms with E-state index in [9.17, 15) is 9.59 Å². The van der Waals surface area contributed by atoms with Crippen molar-refractivity contribution in [3.8, 4) is 0 Å². The number of carbonyl (C=O) groups excluding carboxylic acids is 1. The molecule has 2 aromatic rings. The second-order valence-corrected chi connectivity index (χ2v) is 4.93. The average Bonchev–Trinajstić information content (AvgIpc) is 2.96. The zero-order chi connectivity index (χ0) is 12.3. The van der Waals surface area contributed by atoms with Gasteiger partial charge in [0.25, 0.3) is 0 Å². The number of aromatic nitrogens is 3. The van der Waals surface area contributed by atoms with Crippen LogP contribution in [0.2, 0.25) is 0 Å². The van der Waals surface area contributed by atoms with Gasteiger partial charge in [-0.15, -0.1) is 5.10 Å². The number of thioether (sulfide) groups is 1. The quantitative estimate of drug-likeness (QED) is 0.643. The summed E-state index contributed by atoms with van der Waals surface area (Å²) in [4.78, 5) is 25.0. The van der Waals surface area contributed by atoms with Crippen LogP contribution in [0.15, 0.2) is 26.8 Å². The monoisotopic (exact) mass is 271 g/mol. The molecule has 0 saturated heterocycles. The van der Waals surface area contributed by atoms with E-state index in [1.165, 1.54) is 18.4 Å². The van der Waals surface area contributed by atoms with Gasteiger partial charge in [-0.2, -0.15) is 11.3 Å². The molecule has 0 aliphatic rings. The van der Waals surface area contributed by atoms with Crippen LogP contribution in [0.5, 0.6) is 0 Å². The topological polar surface area (TPSA) is 87.8 Å². The summed E-state index contributed by atoms with van der Waals surface area (Å²) in [7, 11) is 1.33. The molecule has 2 N–H and O–H groups in total. The number of methoxy groups -OCH3 is 1. The van der Waals surface area contributed by atoms with E-state index in [0.717, 1.165) is 17.3 Å². The molecule has 0 spiro atoms. The summed E-state index contributed by atoms with van der Waals surface area (Å²) in [6, 6.07) is 1.84. The van der Waals surface area contributed by atoms with E-state index in [2.05, 4.69) is 15.2 Å². The van der Waals surface area contributed by atoms with Crippen LogP contribution in [0.25, 0.3) is 0 Å². The van der Waals surface area contributed by atoms with Crippen molar-refractivity contribution in [1.82, 2.24) is 15.2 Å². The Hall–Kier alpha value is -1.54. The Morgan fingerprint density at radius 1 is 1.65 bits per heavy atom. The Morgan fingerprint density at radius 2 is 2.47 bits per heavy atom. The number of hydrogen-bond donors (Lipinski definition) is 2. The van der Waals surface area contributed by atoms with Gasteiger partial charge in [0.1, 0.15) is 5.25 Å². The van der Waals surface area contributed by atoms with Gasteiger partial charge in [-0.1, -0.05) is 11.8 Å². The summed E-state index contributed by atoms with van der Waals surface area (Å²) in [5.41, 5.74) is 0.428. The van der Waals surface area contributed by atoms with Crippen LogP contribution in [0.1, 0.15) is 10.8 Å². The Morgan fingerprint density at radius 3 is 3.00 bits per heavy atom. The van der Waals surface area contributed by atoms with Gasteiger partial charge in [-0.25, -0.2) is 9.89 Å². The number of H-pyrrole nitrogens is 2. The lowest BCUT2D eigenvalue weighted by Crippen LogP contribution is -2.10. The number of nitrogens with zero attached hydrogens (tertiary/aromatic N) is 1. The van der Waals surface area contributed by atoms with Gasteiger partial charge in [0.15, 0.2) is 5.16 Å². The van der Waals surface area contributed by atoms with E-state index in [1.807, 2.05) is 16.8 Å². The molecule has 17 heavy (non-hydrogen) atoms. The molecule has 0 bridgehead atoms. The Balaban J connectivity index is 2.22. The van der Waals surface area contributed by atoms with Gasteiger partial charge in [-0.3, -0.25) is 9.78 Å². The van der Waals surface area contributed by atoms with Crippen molar-refractivity contribution in [1.29, 1.82) is 0 Å². The molecule has 2 rings (SSSR count). The lowest BCUT2D eigenvalue weighted by atomic mass is 10.2. The van der Waals surface area contributed by atoms with E-state index in [0.29, 0.717) is 5.16 Å². The van der Waals surface area contributed by atoms with Gasteiger partial charge in [-0.05, 0) is 22.4 Å². The van der Waals surface area contributed by atoms with E-state index in [-0.39, 0.29) is 5.97 Å². The lowest BCUT2D eigenvalue weighted by Gasteiger charge is -2.10. The van der Waals surface area contributed by atoms with Crippen molar-refractivity contribution < 1.29 is 9.53 Å². The third kappa shape index (κ3) is 2.77. The van der Waals surface area contributed by atoms with E-state index < -0.39 is 10.9 Å². The van der Waals surface area contributed by atoms with Crippen molar-refractivity contribution in [2.24, 2.45) is 0 Å². The first-order valence-electron chi connectivity index (χ1n) is 4.62. The molecule has 0 aliphatic carbocycles. The van der Waals surface area contributed by atoms with Gasteiger partial charge in [0.2, 0.25) is 0 Å². The molecule has 1 atom stereocenters. The fourth-order valence-electron chi connectivity index (χ4n) is 1.21. The minimum Gasteiger partial charge on any atom is -0.468 e. The highest BCUT2D eigenvalue weighted by Crippen LogP contribution is 2.34. The first kappa shape index (κ1) is 11.9. The maximum Gasteiger partial charge on any atom is 0.341 e. The summed E-state index contributed by atoms with van der Waals surface area (Å²) < 4.78 is 4.73. The minimum atomic E-state index is -0.523. The molecule has 0 aliphatic heterocycles. The first-order valence-corrected chi connectivity index (χ1v) is 6.44. The van der Waals surface area contributed by atoms with Crippen molar-refractivity contribution in [2.75, 3.05) is 7.11 Å². The van der Waals surface area contributed by atoms with Crippen LogP contribution < -0.4 is 5.69 Å². The fourth-order valence-corrected chi connectivity index (χ4v) is 2.93. The Kier molecular flexibility index (Phi) is 3.64. The number of aromatic amines is 2. The van der Waals surface area contributed by atoms with Gasteiger partial charge < -0.3 is 4.74 Å². The van der Waals surface area contributed by atoms with E-state index >= 15 is 0 Å². The molecule has 2 aromatic heterocycles. The minimum absolute atomic E-state index is 0.358. The summed E-state index contributed by atoms with van der Waals surface area (Å²) in [6.07, 6.45) is 0. The van der Waals surface area contributed by atoms with Gasteiger partial charge in [0, 0.05) is 0 Å². The zero-order valence-electron chi connectivity index (χ0n) is 8.80. The van der Waals surface area contributed by atoms with Crippen molar-refractivity contribution in [2.45, 2.75) is 10.4 Å². The predicted molar refractivity (Wildman–Crippen MR) is 64.1 cm³/mol. The summed E-state index contributed by atoms with van der Waals surface area (Å²) in [6.45, 7) is 0. The van der Waals surface area contributed by atoms with Crippen LogP contribution in [-0.4, -0.2) is 28.3 Å². The van der Waals surface area contributed by atoms with Crippen LogP contribution >= 0.6 is 23.1 Å². The first-order chi connectivity index (χ1) is 8.20. The maximum absolute atomic E-state index is 11.7. The Bertz CT molecular complexity index is 546. The molecule has 0 unspecified atom stereocenters. The smallest absolute Gasteiger partial charge is 0.341 e. The molecule has 0 fully saturated rings. The zero-order valence-corrected chi connectivity index (χ0v) is 10.4. The normalized spacial score (nSPS) is 12.3. The molecular weight excluding hydrogens is 262 g/mol. The summed E-state index contributed by atoms with van der Waals surface area (Å²) >= 11 is 2.62. The van der Waals surface area contributed by atoms with E-state index in [4.69, 9.17) is 4.74 Å². The molecule has 0 amide bonds. The largest absolute Gasteiger partial charge is 0.468 e.